The molecule has 0 saturated carbocycles. The summed E-state index contributed by atoms with van der Waals surface area (Å²) in [6.07, 6.45) is -0.175. The SMILES string of the molecule is O=C(O)CCNC(=O)CF. The number of amides is 1. The molecule has 1 amide bonds. The zero-order valence-electron chi connectivity index (χ0n) is 5.26. The molecule has 0 aliphatic heterocycles. The number of carboxylic acid groups (broad SMARTS) is 1. The number of rotatable bonds is 4. The minimum atomic E-state index is -1.10. The van der Waals surface area contributed by atoms with Gasteiger partial charge in [0.25, 0.3) is 5.91 Å². The largest absolute Gasteiger partial charge is 0.481 e. The molecule has 0 aromatic heterocycles. The van der Waals surface area contributed by atoms with Gasteiger partial charge in [-0.1, -0.05) is 0 Å². The molecular weight excluding hydrogens is 141 g/mol. The number of alkyl halides is 1. The Labute approximate surface area is 57.0 Å². The standard InChI is InChI=1S/C5H8FNO3/c6-3-4(8)7-2-1-5(9)10/h1-3H2,(H,7,8)(H,9,10). The fraction of sp³-hybridized carbons (Fsp3) is 0.600. The monoisotopic (exact) mass is 149 g/mol. The average molecular weight is 149 g/mol. The summed E-state index contributed by atoms with van der Waals surface area (Å²) >= 11 is 0. The van der Waals surface area contributed by atoms with Gasteiger partial charge in [0.05, 0.1) is 6.42 Å². The van der Waals surface area contributed by atoms with E-state index in [0.717, 1.165) is 0 Å². The second-order valence-electron chi connectivity index (χ2n) is 1.63. The highest BCUT2D eigenvalue weighted by Crippen LogP contribution is 1.75. The van der Waals surface area contributed by atoms with Crippen LogP contribution in [-0.2, 0) is 9.59 Å². The zero-order chi connectivity index (χ0) is 7.98. The first-order chi connectivity index (χ1) is 4.66. The topological polar surface area (TPSA) is 66.4 Å². The van der Waals surface area contributed by atoms with E-state index >= 15 is 0 Å². The summed E-state index contributed by atoms with van der Waals surface area (Å²) in [5.74, 6) is -1.79. The maximum absolute atomic E-state index is 11.4. The summed E-state index contributed by atoms with van der Waals surface area (Å²) in [7, 11) is 0. The molecular formula is C5H8FNO3. The average Bonchev–Trinajstić information content (AvgIpc) is 1.87. The first-order valence-electron chi connectivity index (χ1n) is 2.71. The van der Waals surface area contributed by atoms with Crippen molar-refractivity contribution >= 4 is 11.9 Å². The van der Waals surface area contributed by atoms with Crippen molar-refractivity contribution in [2.24, 2.45) is 0 Å². The van der Waals surface area contributed by atoms with Crippen LogP contribution >= 0.6 is 0 Å². The van der Waals surface area contributed by atoms with E-state index in [1.807, 2.05) is 0 Å². The smallest absolute Gasteiger partial charge is 0.305 e. The Kier molecular flexibility index (Phi) is 4.19. The summed E-state index contributed by atoms with van der Waals surface area (Å²) < 4.78 is 11.4. The highest BCUT2D eigenvalue weighted by atomic mass is 19.1. The van der Waals surface area contributed by atoms with Gasteiger partial charge in [-0.3, -0.25) is 9.59 Å². The second kappa shape index (κ2) is 4.72. The molecule has 0 radical (unpaired) electrons. The summed E-state index contributed by atoms with van der Waals surface area (Å²) in [6, 6.07) is 0. The Morgan fingerprint density at radius 3 is 2.50 bits per heavy atom. The van der Waals surface area contributed by atoms with E-state index in [1.165, 1.54) is 0 Å². The predicted octanol–water partition coefficient (Wildman–Crippen LogP) is -0.453. The van der Waals surface area contributed by atoms with Gasteiger partial charge in [-0.25, -0.2) is 4.39 Å². The van der Waals surface area contributed by atoms with Crippen molar-refractivity contribution in [3.8, 4) is 0 Å². The molecule has 0 rings (SSSR count). The fourth-order valence-corrected chi connectivity index (χ4v) is 0.356. The van der Waals surface area contributed by atoms with Crippen LogP contribution in [0, 0.1) is 0 Å². The molecule has 0 aliphatic rings. The molecule has 0 fully saturated rings. The van der Waals surface area contributed by atoms with Gasteiger partial charge in [-0.2, -0.15) is 0 Å². The molecule has 0 aromatic carbocycles. The lowest BCUT2D eigenvalue weighted by Gasteiger charge is -1.97. The minimum absolute atomic E-state index is 0.0158. The Morgan fingerprint density at radius 1 is 1.50 bits per heavy atom. The number of hydrogen-bond acceptors (Lipinski definition) is 2. The van der Waals surface area contributed by atoms with Crippen LogP contribution in [0.5, 0.6) is 0 Å². The van der Waals surface area contributed by atoms with E-state index in [2.05, 4.69) is 5.32 Å². The van der Waals surface area contributed by atoms with Crippen molar-refractivity contribution < 1.29 is 19.1 Å². The van der Waals surface area contributed by atoms with Crippen molar-refractivity contribution in [2.45, 2.75) is 6.42 Å². The van der Waals surface area contributed by atoms with E-state index in [0.29, 0.717) is 0 Å². The number of carbonyl (C=O) groups excluding carboxylic acids is 1. The van der Waals surface area contributed by atoms with Gasteiger partial charge >= 0.3 is 5.97 Å². The Morgan fingerprint density at radius 2 is 2.10 bits per heavy atom. The highest BCUT2D eigenvalue weighted by molar-refractivity contribution is 5.77. The number of carbonyl (C=O) groups is 2. The molecule has 0 saturated heterocycles. The van der Waals surface area contributed by atoms with Crippen molar-refractivity contribution in [3.63, 3.8) is 0 Å². The third kappa shape index (κ3) is 5.02. The third-order valence-corrected chi connectivity index (χ3v) is 0.782. The van der Waals surface area contributed by atoms with Crippen molar-refractivity contribution in [2.75, 3.05) is 13.2 Å². The van der Waals surface area contributed by atoms with Crippen LogP contribution in [0.15, 0.2) is 0 Å². The van der Waals surface area contributed by atoms with Crippen molar-refractivity contribution in [1.29, 1.82) is 0 Å². The number of halogens is 1. The van der Waals surface area contributed by atoms with E-state index in [9.17, 15) is 14.0 Å². The fourth-order valence-electron chi connectivity index (χ4n) is 0.356. The van der Waals surface area contributed by atoms with E-state index in [1.54, 1.807) is 0 Å². The maximum atomic E-state index is 11.4. The summed E-state index contributed by atoms with van der Waals surface area (Å²) in [5.41, 5.74) is 0. The first-order valence-corrected chi connectivity index (χ1v) is 2.71. The normalized spacial score (nSPS) is 8.90. The second-order valence-corrected chi connectivity index (χ2v) is 1.63. The first kappa shape index (κ1) is 8.87. The Hall–Kier alpha value is -1.13. The molecule has 58 valence electrons. The number of hydrogen-bond donors (Lipinski definition) is 2. The molecule has 0 unspecified atom stereocenters. The number of aliphatic carboxylic acids is 1. The van der Waals surface area contributed by atoms with Crippen LogP contribution in [0.25, 0.3) is 0 Å². The van der Waals surface area contributed by atoms with Crippen LogP contribution < -0.4 is 5.32 Å². The van der Waals surface area contributed by atoms with Gasteiger partial charge in [-0.15, -0.1) is 0 Å². The molecule has 0 aliphatic carbocycles. The van der Waals surface area contributed by atoms with Gasteiger partial charge in [0.15, 0.2) is 6.67 Å². The predicted molar refractivity (Wildman–Crippen MR) is 31.2 cm³/mol. The molecule has 0 spiro atoms. The van der Waals surface area contributed by atoms with E-state index < -0.39 is 18.6 Å². The lowest BCUT2D eigenvalue weighted by atomic mass is 10.4. The lowest BCUT2D eigenvalue weighted by Crippen LogP contribution is -2.27. The molecule has 0 atom stereocenters. The summed E-state index contributed by atoms with van der Waals surface area (Å²) in [6.45, 7) is -1.11. The summed E-state index contributed by atoms with van der Waals surface area (Å²) in [5, 5.41) is 10.1. The van der Waals surface area contributed by atoms with Gasteiger partial charge in [-0.05, 0) is 0 Å². The minimum Gasteiger partial charge on any atom is -0.481 e. The number of nitrogens with one attached hydrogen (secondary N) is 1. The van der Waals surface area contributed by atoms with Gasteiger partial charge in [0.2, 0.25) is 0 Å². The van der Waals surface area contributed by atoms with Crippen LogP contribution in [0.1, 0.15) is 6.42 Å². The van der Waals surface area contributed by atoms with Crippen LogP contribution in [0.4, 0.5) is 4.39 Å². The molecule has 0 heterocycles. The third-order valence-electron chi connectivity index (χ3n) is 0.782. The van der Waals surface area contributed by atoms with Gasteiger partial charge < -0.3 is 10.4 Å². The van der Waals surface area contributed by atoms with Crippen molar-refractivity contribution in [3.05, 3.63) is 0 Å². The van der Waals surface area contributed by atoms with Crippen LogP contribution in [-0.4, -0.2) is 30.2 Å². The van der Waals surface area contributed by atoms with Crippen LogP contribution in [0.2, 0.25) is 0 Å². The molecule has 4 nitrogen and oxygen atoms in total. The number of carboxylic acids is 1. The zero-order valence-corrected chi connectivity index (χ0v) is 5.26. The van der Waals surface area contributed by atoms with Crippen LogP contribution in [0.3, 0.4) is 0 Å². The molecule has 0 bridgehead atoms. The Balaban J connectivity index is 3.20. The highest BCUT2D eigenvalue weighted by Gasteiger charge is 1.99. The molecule has 2 N–H and O–H groups in total. The molecule has 0 aromatic rings. The Bertz CT molecular complexity index is 137. The lowest BCUT2D eigenvalue weighted by molar-refractivity contribution is -0.136. The van der Waals surface area contributed by atoms with E-state index in [4.69, 9.17) is 5.11 Å². The summed E-state index contributed by atoms with van der Waals surface area (Å²) in [4.78, 5) is 19.9. The van der Waals surface area contributed by atoms with Gasteiger partial charge in [0, 0.05) is 6.54 Å². The molecule has 5 heteroatoms. The quantitative estimate of drug-likeness (QED) is 0.568. The van der Waals surface area contributed by atoms with Gasteiger partial charge in [0.1, 0.15) is 0 Å². The molecule has 10 heavy (non-hydrogen) atoms. The van der Waals surface area contributed by atoms with Crippen molar-refractivity contribution in [1.82, 2.24) is 5.32 Å². The maximum Gasteiger partial charge on any atom is 0.305 e. The van der Waals surface area contributed by atoms with E-state index in [-0.39, 0.29) is 13.0 Å².